The molecule has 3 heterocycles. The minimum Gasteiger partial charge on any atom is -0.352 e. The van der Waals surface area contributed by atoms with E-state index in [1.54, 1.807) is 11.3 Å². The Bertz CT molecular complexity index is 1030. The number of aromatic nitrogens is 2. The molecule has 0 N–H and O–H groups in total. The van der Waals surface area contributed by atoms with E-state index < -0.39 is 0 Å². The second-order valence-corrected chi connectivity index (χ2v) is 9.59. The van der Waals surface area contributed by atoms with Crippen LogP contribution in [0.1, 0.15) is 36.1 Å². The first-order valence-electron chi connectivity index (χ1n) is 11.2. The van der Waals surface area contributed by atoms with Crippen LogP contribution in [0.25, 0.3) is 11.3 Å². The van der Waals surface area contributed by atoms with Crippen LogP contribution in [-0.4, -0.2) is 47.2 Å². The van der Waals surface area contributed by atoms with Gasteiger partial charge in [-0.3, -0.25) is 4.79 Å². The molecule has 2 fully saturated rings. The van der Waals surface area contributed by atoms with Crippen molar-refractivity contribution in [1.29, 1.82) is 0 Å². The summed E-state index contributed by atoms with van der Waals surface area (Å²) in [6, 6.07) is 16.6. The van der Waals surface area contributed by atoms with Crippen LogP contribution >= 0.6 is 11.3 Å². The lowest BCUT2D eigenvalue weighted by molar-refractivity contribution is -0.137. The van der Waals surface area contributed by atoms with Crippen molar-refractivity contribution >= 4 is 23.1 Å². The SMILES string of the molecule is Cc1ccccc1-c1ccc(N2CCN(C(=O)C3(c4cccs4)CCCC3)CC2)nn1. The molecule has 2 aromatic heterocycles. The number of benzene rings is 1. The number of anilines is 1. The summed E-state index contributed by atoms with van der Waals surface area (Å²) in [5, 5.41) is 11.1. The minimum absolute atomic E-state index is 0.286. The van der Waals surface area contributed by atoms with Gasteiger partial charge in [0.25, 0.3) is 0 Å². The second-order valence-electron chi connectivity index (χ2n) is 8.64. The van der Waals surface area contributed by atoms with Crippen LogP contribution < -0.4 is 4.90 Å². The zero-order valence-corrected chi connectivity index (χ0v) is 18.8. The first-order valence-corrected chi connectivity index (χ1v) is 12.0. The largest absolute Gasteiger partial charge is 0.352 e. The molecule has 0 bridgehead atoms. The van der Waals surface area contributed by atoms with Gasteiger partial charge in [0.2, 0.25) is 5.91 Å². The minimum atomic E-state index is -0.286. The normalized spacial score (nSPS) is 18.4. The summed E-state index contributed by atoms with van der Waals surface area (Å²) >= 11 is 1.73. The van der Waals surface area contributed by atoms with Gasteiger partial charge in [-0.05, 0) is 48.9 Å². The monoisotopic (exact) mass is 432 g/mol. The van der Waals surface area contributed by atoms with E-state index in [9.17, 15) is 4.79 Å². The summed E-state index contributed by atoms with van der Waals surface area (Å²) in [6.07, 6.45) is 4.26. The Hall–Kier alpha value is -2.73. The maximum Gasteiger partial charge on any atom is 0.234 e. The van der Waals surface area contributed by atoms with E-state index in [1.165, 1.54) is 10.4 Å². The second kappa shape index (κ2) is 8.42. The van der Waals surface area contributed by atoms with E-state index in [2.05, 4.69) is 62.6 Å². The van der Waals surface area contributed by atoms with Gasteiger partial charge in [0, 0.05) is 36.6 Å². The highest BCUT2D eigenvalue weighted by atomic mass is 32.1. The van der Waals surface area contributed by atoms with Gasteiger partial charge >= 0.3 is 0 Å². The molecule has 5 rings (SSSR count). The van der Waals surface area contributed by atoms with E-state index >= 15 is 0 Å². The number of amides is 1. The fourth-order valence-corrected chi connectivity index (χ4v) is 6.01. The van der Waals surface area contributed by atoms with Crippen molar-refractivity contribution < 1.29 is 4.79 Å². The van der Waals surface area contributed by atoms with E-state index in [1.807, 2.05) is 18.2 Å². The van der Waals surface area contributed by atoms with Crippen molar-refractivity contribution in [2.75, 3.05) is 31.1 Å². The maximum absolute atomic E-state index is 13.6. The number of carbonyl (C=O) groups is 1. The molecule has 0 spiro atoms. The van der Waals surface area contributed by atoms with Crippen molar-refractivity contribution in [3.05, 3.63) is 64.4 Å². The average Bonchev–Trinajstić information content (AvgIpc) is 3.52. The highest BCUT2D eigenvalue weighted by Gasteiger charge is 2.46. The predicted octanol–water partition coefficient (Wildman–Crippen LogP) is 4.67. The lowest BCUT2D eigenvalue weighted by Gasteiger charge is -2.39. The highest BCUT2D eigenvalue weighted by molar-refractivity contribution is 7.10. The molecule has 160 valence electrons. The van der Waals surface area contributed by atoms with Crippen LogP contribution in [0.4, 0.5) is 5.82 Å². The third-order valence-electron chi connectivity index (χ3n) is 6.82. The Morgan fingerprint density at radius 3 is 2.35 bits per heavy atom. The Kier molecular flexibility index (Phi) is 5.48. The molecule has 1 saturated carbocycles. The summed E-state index contributed by atoms with van der Waals surface area (Å²) in [7, 11) is 0. The fourth-order valence-electron chi connectivity index (χ4n) is 5.03. The topological polar surface area (TPSA) is 49.3 Å². The molecule has 5 nitrogen and oxygen atoms in total. The van der Waals surface area contributed by atoms with E-state index in [-0.39, 0.29) is 5.41 Å². The van der Waals surface area contributed by atoms with Gasteiger partial charge < -0.3 is 9.80 Å². The highest BCUT2D eigenvalue weighted by Crippen LogP contribution is 2.44. The van der Waals surface area contributed by atoms with Crippen LogP contribution in [0.3, 0.4) is 0 Å². The quantitative estimate of drug-likeness (QED) is 0.601. The van der Waals surface area contributed by atoms with Crippen molar-refractivity contribution in [3.8, 4) is 11.3 Å². The molecule has 31 heavy (non-hydrogen) atoms. The van der Waals surface area contributed by atoms with Crippen molar-refractivity contribution in [2.24, 2.45) is 0 Å². The first kappa shape index (κ1) is 20.2. The summed E-state index contributed by atoms with van der Waals surface area (Å²) in [6.45, 7) is 5.17. The molecule has 1 amide bonds. The standard InChI is InChI=1S/C25H28N4OS/c1-19-7-2-3-8-20(19)21-10-11-23(27-26-21)28-14-16-29(17-15-28)24(30)25(12-4-5-13-25)22-9-6-18-31-22/h2-3,6-11,18H,4-5,12-17H2,1H3. The van der Waals surface area contributed by atoms with Gasteiger partial charge in [-0.1, -0.05) is 43.2 Å². The molecule has 2 aliphatic rings. The molecular formula is C25H28N4OS. The van der Waals surface area contributed by atoms with Gasteiger partial charge in [0.1, 0.15) is 0 Å². The van der Waals surface area contributed by atoms with Crippen LogP contribution in [0.5, 0.6) is 0 Å². The summed E-state index contributed by atoms with van der Waals surface area (Å²) < 4.78 is 0. The average molecular weight is 433 g/mol. The van der Waals surface area contributed by atoms with Crippen molar-refractivity contribution in [3.63, 3.8) is 0 Å². The number of aryl methyl sites for hydroxylation is 1. The third-order valence-corrected chi connectivity index (χ3v) is 7.90. The zero-order chi connectivity index (χ0) is 21.3. The number of piperazine rings is 1. The van der Waals surface area contributed by atoms with Gasteiger partial charge in [0.05, 0.1) is 11.1 Å². The van der Waals surface area contributed by atoms with Crippen molar-refractivity contribution in [1.82, 2.24) is 15.1 Å². The molecule has 0 unspecified atom stereocenters. The molecule has 1 aromatic carbocycles. The Labute approximate surface area is 187 Å². The summed E-state index contributed by atoms with van der Waals surface area (Å²) in [5.41, 5.74) is 2.93. The maximum atomic E-state index is 13.6. The molecule has 0 atom stereocenters. The van der Waals surface area contributed by atoms with E-state index in [0.717, 1.165) is 68.9 Å². The lowest BCUT2D eigenvalue weighted by Crippen LogP contribution is -2.54. The Morgan fingerprint density at radius 1 is 0.935 bits per heavy atom. The number of carbonyl (C=O) groups excluding carboxylic acids is 1. The smallest absolute Gasteiger partial charge is 0.234 e. The van der Waals surface area contributed by atoms with E-state index in [0.29, 0.717) is 5.91 Å². The Balaban J connectivity index is 1.26. The molecular weight excluding hydrogens is 404 g/mol. The van der Waals surface area contributed by atoms with Crippen LogP contribution in [0.2, 0.25) is 0 Å². The molecule has 1 aliphatic heterocycles. The molecule has 3 aromatic rings. The first-order chi connectivity index (χ1) is 15.2. The third kappa shape index (κ3) is 3.74. The number of hydrogen-bond donors (Lipinski definition) is 0. The van der Waals surface area contributed by atoms with Crippen LogP contribution in [0, 0.1) is 6.92 Å². The predicted molar refractivity (Wildman–Crippen MR) is 125 cm³/mol. The number of hydrogen-bond acceptors (Lipinski definition) is 5. The van der Waals surface area contributed by atoms with Crippen LogP contribution in [-0.2, 0) is 10.2 Å². The van der Waals surface area contributed by atoms with Gasteiger partial charge in [-0.2, -0.15) is 0 Å². The molecule has 6 heteroatoms. The number of nitrogens with zero attached hydrogens (tertiary/aromatic N) is 4. The Morgan fingerprint density at radius 2 is 1.71 bits per heavy atom. The van der Waals surface area contributed by atoms with Crippen molar-refractivity contribution in [2.45, 2.75) is 38.0 Å². The molecule has 1 saturated heterocycles. The van der Waals surface area contributed by atoms with E-state index in [4.69, 9.17) is 0 Å². The number of rotatable bonds is 4. The van der Waals surface area contributed by atoms with Gasteiger partial charge in [0.15, 0.2) is 5.82 Å². The number of thiophene rings is 1. The molecule has 0 radical (unpaired) electrons. The van der Waals surface area contributed by atoms with Gasteiger partial charge in [-0.15, -0.1) is 21.5 Å². The summed E-state index contributed by atoms with van der Waals surface area (Å²) in [4.78, 5) is 19.1. The van der Waals surface area contributed by atoms with Crippen LogP contribution in [0.15, 0.2) is 53.9 Å². The summed E-state index contributed by atoms with van der Waals surface area (Å²) in [5.74, 6) is 1.21. The molecule has 1 aliphatic carbocycles. The fraction of sp³-hybridized carbons (Fsp3) is 0.400. The zero-order valence-electron chi connectivity index (χ0n) is 18.0. The lowest BCUT2D eigenvalue weighted by atomic mass is 9.82. The van der Waals surface area contributed by atoms with Gasteiger partial charge in [-0.25, -0.2) is 0 Å².